The number of aromatic amines is 1. The third kappa shape index (κ3) is 7.06. The predicted molar refractivity (Wildman–Crippen MR) is 145 cm³/mol. The molecule has 0 fully saturated rings. The molecule has 0 saturated heterocycles. The highest BCUT2D eigenvalue weighted by atomic mass is 19.1. The van der Waals surface area contributed by atoms with Gasteiger partial charge in [-0.15, -0.1) is 0 Å². The molecule has 1 aromatic heterocycles. The van der Waals surface area contributed by atoms with Gasteiger partial charge in [0.25, 0.3) is 0 Å². The first-order chi connectivity index (χ1) is 17.9. The molecule has 0 unspecified atom stereocenters. The van der Waals surface area contributed by atoms with Crippen LogP contribution in [0.25, 0.3) is 10.9 Å². The molecule has 0 aliphatic heterocycles. The first kappa shape index (κ1) is 26.1. The fourth-order valence-corrected chi connectivity index (χ4v) is 4.48. The molecule has 0 aliphatic rings. The molecule has 0 radical (unpaired) electrons. The number of hydrogen-bond donors (Lipinski definition) is 1. The zero-order valence-corrected chi connectivity index (χ0v) is 21.5. The lowest BCUT2D eigenvalue weighted by atomic mass is 10.1. The van der Waals surface area contributed by atoms with E-state index in [0.717, 1.165) is 33.2 Å². The van der Waals surface area contributed by atoms with Crippen molar-refractivity contribution in [2.45, 2.75) is 46.2 Å². The van der Waals surface area contributed by atoms with Crippen LogP contribution in [-0.4, -0.2) is 39.7 Å². The van der Waals surface area contributed by atoms with Crippen LogP contribution in [0.5, 0.6) is 0 Å². The van der Waals surface area contributed by atoms with Gasteiger partial charge in [-0.25, -0.2) is 4.39 Å². The minimum absolute atomic E-state index is 0.0179. The Kier molecular flexibility index (Phi) is 8.72. The highest BCUT2D eigenvalue weighted by Gasteiger charge is 2.22. The Bertz CT molecular complexity index is 1330. The Hall–Kier alpha value is -3.93. The van der Waals surface area contributed by atoms with Gasteiger partial charge in [0.1, 0.15) is 12.4 Å². The summed E-state index contributed by atoms with van der Waals surface area (Å²) in [6.45, 7) is 5.23. The monoisotopic (exact) mass is 499 g/mol. The van der Waals surface area contributed by atoms with Gasteiger partial charge in [-0.05, 0) is 54.7 Å². The van der Waals surface area contributed by atoms with Crippen LogP contribution in [0, 0.1) is 12.7 Å². The third-order valence-electron chi connectivity index (χ3n) is 6.60. The highest BCUT2D eigenvalue weighted by molar-refractivity contribution is 5.85. The standard InChI is InChI=1S/C31H34FN3O2/c1-3-6-30(36)35(21-25-13-15-27(32)16-14-25)22-31(37)34(20-24-11-9-23(2)10-12-24)18-17-26-19-33-29-8-5-4-7-28(26)29/h4-5,7-16,19,33H,3,6,17-18,20-22H2,1-2H3. The van der Waals surface area contributed by atoms with Crippen molar-refractivity contribution >= 4 is 22.7 Å². The zero-order valence-electron chi connectivity index (χ0n) is 21.5. The van der Waals surface area contributed by atoms with Crippen molar-refractivity contribution in [1.82, 2.24) is 14.8 Å². The van der Waals surface area contributed by atoms with Gasteiger partial charge in [0.05, 0.1) is 0 Å². The average Bonchev–Trinajstić information content (AvgIpc) is 3.31. The molecule has 37 heavy (non-hydrogen) atoms. The number of benzene rings is 3. The van der Waals surface area contributed by atoms with E-state index in [-0.39, 0.29) is 30.7 Å². The number of aryl methyl sites for hydroxylation is 1. The van der Waals surface area contributed by atoms with E-state index in [0.29, 0.717) is 32.4 Å². The van der Waals surface area contributed by atoms with Gasteiger partial charge in [-0.3, -0.25) is 9.59 Å². The van der Waals surface area contributed by atoms with E-state index in [1.807, 2.05) is 67.4 Å². The smallest absolute Gasteiger partial charge is 0.242 e. The number of para-hydroxylation sites is 1. The lowest BCUT2D eigenvalue weighted by Crippen LogP contribution is -2.43. The number of carbonyl (C=O) groups is 2. The number of hydrogen-bond acceptors (Lipinski definition) is 2. The largest absolute Gasteiger partial charge is 0.361 e. The molecule has 0 atom stereocenters. The van der Waals surface area contributed by atoms with E-state index in [1.165, 1.54) is 12.1 Å². The maximum absolute atomic E-state index is 13.7. The average molecular weight is 500 g/mol. The number of halogens is 1. The molecular weight excluding hydrogens is 465 g/mol. The molecule has 2 amide bonds. The zero-order chi connectivity index (χ0) is 26.2. The van der Waals surface area contributed by atoms with Crippen LogP contribution >= 0.6 is 0 Å². The van der Waals surface area contributed by atoms with Crippen LogP contribution in [-0.2, 0) is 29.1 Å². The van der Waals surface area contributed by atoms with Crippen molar-refractivity contribution in [3.63, 3.8) is 0 Å². The predicted octanol–water partition coefficient (Wildman–Crippen LogP) is 6.02. The number of nitrogens with zero attached hydrogens (tertiary/aromatic N) is 2. The number of amides is 2. The second-order valence-corrected chi connectivity index (χ2v) is 9.54. The van der Waals surface area contributed by atoms with Gasteiger partial charge in [-0.1, -0.05) is 67.1 Å². The van der Waals surface area contributed by atoms with E-state index in [2.05, 4.69) is 11.1 Å². The van der Waals surface area contributed by atoms with Gasteiger partial charge in [0.2, 0.25) is 11.8 Å². The molecule has 0 saturated carbocycles. The molecule has 4 aromatic rings. The maximum Gasteiger partial charge on any atom is 0.242 e. The van der Waals surface area contributed by atoms with Gasteiger partial charge < -0.3 is 14.8 Å². The number of rotatable bonds is 11. The van der Waals surface area contributed by atoms with E-state index in [9.17, 15) is 14.0 Å². The molecule has 4 rings (SSSR count). The molecular formula is C31H34FN3O2. The number of nitrogens with one attached hydrogen (secondary N) is 1. The van der Waals surface area contributed by atoms with Crippen LogP contribution in [0.1, 0.15) is 42.0 Å². The summed E-state index contributed by atoms with van der Waals surface area (Å²) in [6.07, 6.45) is 3.76. The lowest BCUT2D eigenvalue weighted by Gasteiger charge is -2.28. The van der Waals surface area contributed by atoms with Crippen molar-refractivity contribution in [3.8, 4) is 0 Å². The maximum atomic E-state index is 13.7. The van der Waals surface area contributed by atoms with Crippen molar-refractivity contribution in [2.24, 2.45) is 0 Å². The molecule has 192 valence electrons. The van der Waals surface area contributed by atoms with Crippen LogP contribution in [0.15, 0.2) is 79.0 Å². The van der Waals surface area contributed by atoms with Crippen molar-refractivity contribution < 1.29 is 14.0 Å². The number of H-pyrrole nitrogens is 1. The number of carbonyl (C=O) groups excluding carboxylic acids is 2. The normalized spacial score (nSPS) is 11.0. The SMILES string of the molecule is CCCC(=O)N(CC(=O)N(CCc1c[nH]c2ccccc12)Cc1ccc(C)cc1)Cc1ccc(F)cc1. The second-order valence-electron chi connectivity index (χ2n) is 9.54. The summed E-state index contributed by atoms with van der Waals surface area (Å²) in [4.78, 5) is 33.3. The summed E-state index contributed by atoms with van der Waals surface area (Å²) < 4.78 is 13.4. The summed E-state index contributed by atoms with van der Waals surface area (Å²) in [5, 5.41) is 1.15. The summed E-state index contributed by atoms with van der Waals surface area (Å²) in [7, 11) is 0. The Morgan fingerprint density at radius 3 is 2.19 bits per heavy atom. The van der Waals surface area contributed by atoms with Crippen LogP contribution in [0.3, 0.4) is 0 Å². The number of aromatic nitrogens is 1. The first-order valence-electron chi connectivity index (χ1n) is 12.8. The summed E-state index contributed by atoms with van der Waals surface area (Å²) in [6, 6.07) is 22.4. The fourth-order valence-electron chi connectivity index (χ4n) is 4.48. The molecule has 6 heteroatoms. The molecule has 1 N–H and O–H groups in total. The Morgan fingerprint density at radius 1 is 0.838 bits per heavy atom. The first-order valence-corrected chi connectivity index (χ1v) is 12.8. The van der Waals surface area contributed by atoms with Crippen molar-refractivity contribution in [2.75, 3.05) is 13.1 Å². The van der Waals surface area contributed by atoms with Gasteiger partial charge >= 0.3 is 0 Å². The Labute approximate surface area is 217 Å². The lowest BCUT2D eigenvalue weighted by molar-refractivity contribution is -0.141. The molecule has 0 spiro atoms. The second kappa shape index (κ2) is 12.3. The van der Waals surface area contributed by atoms with Crippen LogP contribution in [0.2, 0.25) is 0 Å². The molecule has 3 aromatic carbocycles. The van der Waals surface area contributed by atoms with E-state index < -0.39 is 0 Å². The van der Waals surface area contributed by atoms with E-state index in [1.54, 1.807) is 17.0 Å². The van der Waals surface area contributed by atoms with Crippen LogP contribution in [0.4, 0.5) is 4.39 Å². The van der Waals surface area contributed by atoms with Gasteiger partial charge in [-0.2, -0.15) is 0 Å². The topological polar surface area (TPSA) is 56.4 Å². The Balaban J connectivity index is 1.53. The van der Waals surface area contributed by atoms with Crippen molar-refractivity contribution in [3.05, 3.63) is 107 Å². The van der Waals surface area contributed by atoms with E-state index in [4.69, 9.17) is 0 Å². The summed E-state index contributed by atoms with van der Waals surface area (Å²) in [5.41, 5.74) is 5.23. The Morgan fingerprint density at radius 2 is 1.49 bits per heavy atom. The quantitative estimate of drug-likeness (QED) is 0.275. The summed E-state index contributed by atoms with van der Waals surface area (Å²) in [5.74, 6) is -0.508. The molecule has 5 nitrogen and oxygen atoms in total. The minimum Gasteiger partial charge on any atom is -0.361 e. The molecule has 0 bridgehead atoms. The minimum atomic E-state index is -0.326. The molecule has 0 aliphatic carbocycles. The highest BCUT2D eigenvalue weighted by Crippen LogP contribution is 2.19. The summed E-state index contributed by atoms with van der Waals surface area (Å²) >= 11 is 0. The van der Waals surface area contributed by atoms with Gasteiger partial charge in [0, 0.05) is 43.2 Å². The molecule has 1 heterocycles. The van der Waals surface area contributed by atoms with Crippen molar-refractivity contribution in [1.29, 1.82) is 0 Å². The van der Waals surface area contributed by atoms with Crippen LogP contribution < -0.4 is 0 Å². The number of fused-ring (bicyclic) bond motifs is 1. The van der Waals surface area contributed by atoms with Gasteiger partial charge in [0.15, 0.2) is 0 Å². The van der Waals surface area contributed by atoms with E-state index >= 15 is 0 Å². The fraction of sp³-hybridized carbons (Fsp3) is 0.290. The third-order valence-corrected chi connectivity index (χ3v) is 6.60.